The summed E-state index contributed by atoms with van der Waals surface area (Å²) in [5.41, 5.74) is 0.413. The van der Waals surface area contributed by atoms with Gasteiger partial charge >= 0.3 is 0 Å². The first-order chi connectivity index (χ1) is 7.68. The molecule has 0 saturated carbocycles. The molecule has 1 unspecified atom stereocenters. The minimum Gasteiger partial charge on any atom is -0.381 e. The van der Waals surface area contributed by atoms with Gasteiger partial charge in [-0.1, -0.05) is 15.9 Å². The van der Waals surface area contributed by atoms with Crippen molar-refractivity contribution in [3.8, 4) is 0 Å². The molecule has 0 aromatic heterocycles. The maximum Gasteiger partial charge on any atom is 0.169 e. The summed E-state index contributed by atoms with van der Waals surface area (Å²) in [5.74, 6) is -0.554. The van der Waals surface area contributed by atoms with Gasteiger partial charge in [0.25, 0.3) is 0 Å². The highest BCUT2D eigenvalue weighted by molar-refractivity contribution is 9.10. The molecule has 0 radical (unpaired) electrons. The number of rotatable bonds is 2. The third-order valence-electron chi connectivity index (χ3n) is 2.72. The Bertz CT molecular complexity index is 400. The van der Waals surface area contributed by atoms with E-state index in [4.69, 9.17) is 4.74 Å². The van der Waals surface area contributed by atoms with E-state index < -0.39 is 0 Å². The fourth-order valence-corrected chi connectivity index (χ4v) is 2.30. The number of halogens is 2. The predicted octanol–water partition coefficient (Wildman–Crippen LogP) is 3.20. The average Bonchev–Trinajstić information content (AvgIpc) is 2.32. The van der Waals surface area contributed by atoms with Crippen LogP contribution < -0.4 is 0 Å². The number of ketones is 1. The van der Waals surface area contributed by atoms with E-state index in [9.17, 15) is 9.18 Å². The zero-order chi connectivity index (χ0) is 11.5. The molecular formula is C12H12BrFO2. The van der Waals surface area contributed by atoms with Gasteiger partial charge in [0.1, 0.15) is 5.82 Å². The number of carbonyl (C=O) groups is 1. The topological polar surface area (TPSA) is 26.3 Å². The highest BCUT2D eigenvalue weighted by atomic mass is 79.9. The first kappa shape index (κ1) is 11.7. The fraction of sp³-hybridized carbons (Fsp3) is 0.417. The van der Waals surface area contributed by atoms with Crippen molar-refractivity contribution in [3.05, 3.63) is 34.1 Å². The molecule has 0 N–H and O–H groups in total. The minimum atomic E-state index is -0.386. The molecule has 1 aromatic rings. The summed E-state index contributed by atoms with van der Waals surface area (Å²) in [6.07, 6.45) is 1.71. The number of carbonyl (C=O) groups excluding carboxylic acids is 1. The Balaban J connectivity index is 2.22. The van der Waals surface area contributed by atoms with Crippen molar-refractivity contribution < 1.29 is 13.9 Å². The molecule has 2 rings (SSSR count). The van der Waals surface area contributed by atoms with Crippen LogP contribution in [0.2, 0.25) is 0 Å². The van der Waals surface area contributed by atoms with Crippen molar-refractivity contribution in [2.75, 3.05) is 13.2 Å². The van der Waals surface area contributed by atoms with Crippen LogP contribution in [0.15, 0.2) is 22.7 Å². The van der Waals surface area contributed by atoms with Crippen LogP contribution in [0.3, 0.4) is 0 Å². The van der Waals surface area contributed by atoms with Crippen molar-refractivity contribution in [1.29, 1.82) is 0 Å². The Morgan fingerprint density at radius 1 is 1.50 bits per heavy atom. The molecule has 1 heterocycles. The summed E-state index contributed by atoms with van der Waals surface area (Å²) in [6, 6.07) is 4.17. The molecule has 4 heteroatoms. The summed E-state index contributed by atoms with van der Waals surface area (Å²) in [7, 11) is 0. The second-order valence-electron chi connectivity index (χ2n) is 3.90. The molecule has 1 aromatic carbocycles. The largest absolute Gasteiger partial charge is 0.381 e. The Hall–Kier alpha value is -0.740. The van der Waals surface area contributed by atoms with Crippen LogP contribution in [0.25, 0.3) is 0 Å². The zero-order valence-corrected chi connectivity index (χ0v) is 10.3. The third-order valence-corrected chi connectivity index (χ3v) is 3.42. The van der Waals surface area contributed by atoms with Crippen molar-refractivity contribution in [2.45, 2.75) is 12.8 Å². The van der Waals surface area contributed by atoms with Gasteiger partial charge in [0.2, 0.25) is 0 Å². The molecular weight excluding hydrogens is 275 g/mol. The monoisotopic (exact) mass is 286 g/mol. The molecule has 16 heavy (non-hydrogen) atoms. The van der Waals surface area contributed by atoms with Gasteiger partial charge in [-0.3, -0.25) is 4.79 Å². The van der Waals surface area contributed by atoms with Crippen LogP contribution in [-0.4, -0.2) is 19.0 Å². The molecule has 0 aliphatic carbocycles. The molecule has 1 saturated heterocycles. The SMILES string of the molecule is O=C(c1cc(F)ccc1Br)C1CCCOC1. The highest BCUT2D eigenvalue weighted by Crippen LogP contribution is 2.24. The van der Waals surface area contributed by atoms with Crippen LogP contribution in [0.4, 0.5) is 4.39 Å². The van der Waals surface area contributed by atoms with E-state index in [1.807, 2.05) is 0 Å². The second kappa shape index (κ2) is 5.06. The maximum atomic E-state index is 13.1. The highest BCUT2D eigenvalue weighted by Gasteiger charge is 2.24. The van der Waals surface area contributed by atoms with Gasteiger partial charge in [0.15, 0.2) is 5.78 Å². The predicted molar refractivity (Wildman–Crippen MR) is 62.0 cm³/mol. The van der Waals surface area contributed by atoms with Gasteiger partial charge in [-0.15, -0.1) is 0 Å². The number of hydrogen-bond acceptors (Lipinski definition) is 2. The van der Waals surface area contributed by atoms with Gasteiger partial charge in [0.05, 0.1) is 6.61 Å². The lowest BCUT2D eigenvalue weighted by atomic mass is 9.93. The standard InChI is InChI=1S/C12H12BrFO2/c13-11-4-3-9(14)6-10(11)12(15)8-2-1-5-16-7-8/h3-4,6,8H,1-2,5,7H2. The lowest BCUT2D eigenvalue weighted by molar-refractivity contribution is 0.0460. The van der Waals surface area contributed by atoms with Crippen molar-refractivity contribution in [2.24, 2.45) is 5.92 Å². The molecule has 1 aliphatic heterocycles. The summed E-state index contributed by atoms with van der Waals surface area (Å²) in [6.45, 7) is 1.16. The average molecular weight is 287 g/mol. The molecule has 0 bridgehead atoms. The Kier molecular flexibility index (Phi) is 3.71. The molecule has 1 atom stereocenters. The number of benzene rings is 1. The van der Waals surface area contributed by atoms with Crippen LogP contribution in [0.1, 0.15) is 23.2 Å². The van der Waals surface area contributed by atoms with Crippen LogP contribution in [-0.2, 0) is 4.74 Å². The van der Waals surface area contributed by atoms with Gasteiger partial charge in [0, 0.05) is 22.6 Å². The number of Topliss-reactive ketones (excluding diaryl/α,β-unsaturated/α-hetero) is 1. The van der Waals surface area contributed by atoms with E-state index in [0.717, 1.165) is 12.8 Å². The van der Waals surface area contributed by atoms with E-state index in [1.165, 1.54) is 12.1 Å². The number of ether oxygens (including phenoxy) is 1. The van der Waals surface area contributed by atoms with Crippen molar-refractivity contribution >= 4 is 21.7 Å². The quantitative estimate of drug-likeness (QED) is 0.781. The van der Waals surface area contributed by atoms with E-state index in [0.29, 0.717) is 23.2 Å². The van der Waals surface area contributed by atoms with E-state index in [1.54, 1.807) is 6.07 Å². The van der Waals surface area contributed by atoms with E-state index in [-0.39, 0.29) is 17.5 Å². The van der Waals surface area contributed by atoms with Gasteiger partial charge in [-0.2, -0.15) is 0 Å². The van der Waals surface area contributed by atoms with E-state index in [2.05, 4.69) is 15.9 Å². The molecule has 0 spiro atoms. The van der Waals surface area contributed by atoms with Crippen molar-refractivity contribution in [1.82, 2.24) is 0 Å². The molecule has 0 amide bonds. The van der Waals surface area contributed by atoms with Crippen molar-refractivity contribution in [3.63, 3.8) is 0 Å². The van der Waals surface area contributed by atoms with Gasteiger partial charge < -0.3 is 4.74 Å². The molecule has 2 nitrogen and oxygen atoms in total. The van der Waals surface area contributed by atoms with Crippen LogP contribution >= 0.6 is 15.9 Å². The first-order valence-corrected chi connectivity index (χ1v) is 6.05. The molecule has 1 aliphatic rings. The minimum absolute atomic E-state index is 0.0360. The number of hydrogen-bond donors (Lipinski definition) is 0. The lowest BCUT2D eigenvalue weighted by Crippen LogP contribution is -2.25. The Morgan fingerprint density at radius 2 is 2.31 bits per heavy atom. The molecule has 86 valence electrons. The van der Waals surface area contributed by atoms with Gasteiger partial charge in [-0.05, 0) is 31.0 Å². The zero-order valence-electron chi connectivity index (χ0n) is 8.71. The van der Waals surface area contributed by atoms with Gasteiger partial charge in [-0.25, -0.2) is 4.39 Å². The first-order valence-electron chi connectivity index (χ1n) is 5.25. The second-order valence-corrected chi connectivity index (χ2v) is 4.76. The lowest BCUT2D eigenvalue weighted by Gasteiger charge is -2.21. The third kappa shape index (κ3) is 2.50. The Morgan fingerprint density at radius 3 is 3.00 bits per heavy atom. The Labute approximate surface area is 102 Å². The normalized spacial score (nSPS) is 20.8. The summed E-state index contributed by atoms with van der Waals surface area (Å²) in [5, 5.41) is 0. The van der Waals surface area contributed by atoms with E-state index >= 15 is 0 Å². The maximum absolute atomic E-state index is 13.1. The van der Waals surface area contributed by atoms with Crippen LogP contribution in [0, 0.1) is 11.7 Å². The molecule has 1 fully saturated rings. The summed E-state index contributed by atoms with van der Waals surface area (Å²) >= 11 is 3.27. The summed E-state index contributed by atoms with van der Waals surface area (Å²) < 4.78 is 19.0. The smallest absolute Gasteiger partial charge is 0.169 e. The van der Waals surface area contributed by atoms with Crippen LogP contribution in [0.5, 0.6) is 0 Å². The summed E-state index contributed by atoms with van der Waals surface area (Å²) in [4.78, 5) is 12.1. The fourth-order valence-electron chi connectivity index (χ4n) is 1.85.